The summed E-state index contributed by atoms with van der Waals surface area (Å²) in [5.74, 6) is -0.968. The lowest BCUT2D eigenvalue weighted by atomic mass is 10.0. The molecule has 126 valence electrons. The second-order valence-corrected chi connectivity index (χ2v) is 6.69. The van der Waals surface area contributed by atoms with Gasteiger partial charge in [0.25, 0.3) is 5.91 Å². The zero-order chi connectivity index (χ0) is 17.7. The molecule has 1 atom stereocenters. The zero-order valence-corrected chi connectivity index (χ0v) is 15.8. The number of rotatable bonds is 5. The predicted octanol–water partition coefficient (Wildman–Crippen LogP) is 4.27. The van der Waals surface area contributed by atoms with E-state index in [-0.39, 0.29) is 6.42 Å². The number of esters is 1. The van der Waals surface area contributed by atoms with Crippen molar-refractivity contribution in [3.05, 3.63) is 68.1 Å². The third-order valence-electron chi connectivity index (χ3n) is 3.35. The normalized spacial score (nSPS) is 11.7. The standard InChI is InChI=1S/C17H14BrCl2NO3/c1-24-17(23)15(9-12-13(19)6-3-7-14(12)20)21-16(22)10-4-2-5-11(18)8-10/h2-8,15H,9H2,1H3,(H,21,22)/t15-/m1/s1. The summed E-state index contributed by atoms with van der Waals surface area (Å²) < 4.78 is 5.54. The van der Waals surface area contributed by atoms with Gasteiger partial charge in [0.1, 0.15) is 6.04 Å². The van der Waals surface area contributed by atoms with Crippen molar-refractivity contribution in [2.75, 3.05) is 7.11 Å². The number of ether oxygens (including phenoxy) is 1. The third-order valence-corrected chi connectivity index (χ3v) is 4.55. The minimum absolute atomic E-state index is 0.130. The fraction of sp³-hybridized carbons (Fsp3) is 0.176. The van der Waals surface area contributed by atoms with E-state index >= 15 is 0 Å². The molecule has 0 bridgehead atoms. The Bertz CT molecular complexity index is 747. The van der Waals surface area contributed by atoms with Crippen molar-refractivity contribution in [3.63, 3.8) is 0 Å². The Morgan fingerprint density at radius 2 is 1.79 bits per heavy atom. The van der Waals surface area contributed by atoms with Crippen molar-refractivity contribution in [2.45, 2.75) is 12.5 Å². The molecule has 0 saturated carbocycles. The van der Waals surface area contributed by atoms with Crippen LogP contribution in [0.3, 0.4) is 0 Å². The molecule has 1 N–H and O–H groups in total. The first kappa shape index (κ1) is 18.8. The first-order valence-corrected chi connectivity index (χ1v) is 8.54. The Morgan fingerprint density at radius 3 is 2.38 bits per heavy atom. The van der Waals surface area contributed by atoms with Gasteiger partial charge in [-0.15, -0.1) is 0 Å². The summed E-state index contributed by atoms with van der Waals surface area (Å²) in [5, 5.41) is 3.51. The molecule has 1 amide bonds. The van der Waals surface area contributed by atoms with Crippen LogP contribution in [0.1, 0.15) is 15.9 Å². The van der Waals surface area contributed by atoms with Gasteiger partial charge in [-0.2, -0.15) is 0 Å². The van der Waals surface area contributed by atoms with E-state index in [0.717, 1.165) is 4.47 Å². The largest absolute Gasteiger partial charge is 0.467 e. The average Bonchev–Trinajstić information content (AvgIpc) is 2.56. The minimum Gasteiger partial charge on any atom is -0.467 e. The van der Waals surface area contributed by atoms with Crippen molar-refractivity contribution < 1.29 is 14.3 Å². The summed E-state index contributed by atoms with van der Waals surface area (Å²) in [6.07, 6.45) is 0.130. The highest BCUT2D eigenvalue weighted by molar-refractivity contribution is 9.10. The average molecular weight is 431 g/mol. The van der Waals surface area contributed by atoms with Gasteiger partial charge in [0, 0.05) is 26.5 Å². The SMILES string of the molecule is COC(=O)[C@@H](Cc1c(Cl)cccc1Cl)NC(=O)c1cccc(Br)c1. The number of carbonyl (C=O) groups is 2. The van der Waals surface area contributed by atoms with Gasteiger partial charge in [-0.3, -0.25) is 4.79 Å². The molecule has 0 unspecified atom stereocenters. The molecule has 0 saturated heterocycles. The predicted molar refractivity (Wildman–Crippen MR) is 97.6 cm³/mol. The van der Waals surface area contributed by atoms with Crippen molar-refractivity contribution in [2.24, 2.45) is 0 Å². The Kier molecular flexibility index (Phi) is 6.66. The van der Waals surface area contributed by atoms with Crippen LogP contribution in [0.25, 0.3) is 0 Å². The number of hydrogen-bond donors (Lipinski definition) is 1. The Hall–Kier alpha value is -1.56. The monoisotopic (exact) mass is 429 g/mol. The zero-order valence-electron chi connectivity index (χ0n) is 12.7. The van der Waals surface area contributed by atoms with E-state index < -0.39 is 17.9 Å². The van der Waals surface area contributed by atoms with Crippen LogP contribution in [0.5, 0.6) is 0 Å². The number of hydrogen-bond acceptors (Lipinski definition) is 3. The van der Waals surface area contributed by atoms with Crippen LogP contribution in [0.4, 0.5) is 0 Å². The molecule has 0 heterocycles. The number of methoxy groups -OCH3 is 1. The molecule has 4 nitrogen and oxygen atoms in total. The summed E-state index contributed by atoms with van der Waals surface area (Å²) in [5.41, 5.74) is 0.995. The van der Waals surface area contributed by atoms with Gasteiger partial charge < -0.3 is 10.1 Å². The number of halogens is 3. The molecule has 0 aliphatic heterocycles. The van der Waals surface area contributed by atoms with Crippen LogP contribution in [0.15, 0.2) is 46.9 Å². The number of benzene rings is 2. The topological polar surface area (TPSA) is 55.4 Å². The summed E-state index contributed by atoms with van der Waals surface area (Å²) >= 11 is 15.6. The lowest BCUT2D eigenvalue weighted by Gasteiger charge is -2.18. The van der Waals surface area contributed by atoms with Crippen LogP contribution in [-0.2, 0) is 16.0 Å². The lowest BCUT2D eigenvalue weighted by molar-refractivity contribution is -0.142. The summed E-state index contributed by atoms with van der Waals surface area (Å²) in [6, 6.07) is 11.0. The molecule has 24 heavy (non-hydrogen) atoms. The number of nitrogens with one attached hydrogen (secondary N) is 1. The highest BCUT2D eigenvalue weighted by Gasteiger charge is 2.24. The highest BCUT2D eigenvalue weighted by Crippen LogP contribution is 2.26. The molecule has 0 aliphatic rings. The number of amides is 1. The van der Waals surface area contributed by atoms with Crippen LogP contribution in [-0.4, -0.2) is 25.0 Å². The lowest BCUT2D eigenvalue weighted by Crippen LogP contribution is -2.43. The molecule has 0 fully saturated rings. The maximum atomic E-state index is 12.4. The van der Waals surface area contributed by atoms with Crippen molar-refractivity contribution in [3.8, 4) is 0 Å². The first-order chi connectivity index (χ1) is 11.4. The maximum Gasteiger partial charge on any atom is 0.328 e. The Labute approximate surface area is 158 Å². The van der Waals surface area contributed by atoms with E-state index in [1.54, 1.807) is 42.5 Å². The van der Waals surface area contributed by atoms with Crippen LogP contribution in [0, 0.1) is 0 Å². The molecule has 0 aromatic heterocycles. The van der Waals surface area contributed by atoms with E-state index in [4.69, 9.17) is 27.9 Å². The highest BCUT2D eigenvalue weighted by atomic mass is 79.9. The minimum atomic E-state index is -0.904. The van der Waals surface area contributed by atoms with Crippen LogP contribution >= 0.6 is 39.1 Å². The third kappa shape index (κ3) is 4.72. The molecule has 7 heteroatoms. The van der Waals surface area contributed by atoms with Gasteiger partial charge in [-0.05, 0) is 35.9 Å². The summed E-state index contributed by atoms with van der Waals surface area (Å²) in [4.78, 5) is 24.4. The van der Waals surface area contributed by atoms with Crippen LogP contribution < -0.4 is 5.32 Å². The maximum absolute atomic E-state index is 12.4. The van der Waals surface area contributed by atoms with E-state index in [0.29, 0.717) is 21.2 Å². The fourth-order valence-electron chi connectivity index (χ4n) is 2.14. The van der Waals surface area contributed by atoms with Crippen molar-refractivity contribution >= 4 is 51.0 Å². The Balaban J connectivity index is 2.23. The van der Waals surface area contributed by atoms with Gasteiger partial charge in [0.05, 0.1) is 7.11 Å². The smallest absolute Gasteiger partial charge is 0.328 e. The molecule has 2 rings (SSSR count). The van der Waals surface area contributed by atoms with Gasteiger partial charge >= 0.3 is 5.97 Å². The van der Waals surface area contributed by atoms with E-state index in [1.807, 2.05) is 0 Å². The molecular formula is C17H14BrCl2NO3. The van der Waals surface area contributed by atoms with Gasteiger partial charge in [-0.25, -0.2) is 4.79 Å². The molecule has 0 spiro atoms. The summed E-state index contributed by atoms with van der Waals surface area (Å²) in [7, 11) is 1.26. The second kappa shape index (κ2) is 8.51. The van der Waals surface area contributed by atoms with E-state index in [9.17, 15) is 9.59 Å². The van der Waals surface area contributed by atoms with Gasteiger partial charge in [-0.1, -0.05) is 51.3 Å². The molecule has 0 aliphatic carbocycles. The van der Waals surface area contributed by atoms with Crippen LogP contribution in [0.2, 0.25) is 10.0 Å². The number of carbonyl (C=O) groups excluding carboxylic acids is 2. The van der Waals surface area contributed by atoms with Gasteiger partial charge in [0.2, 0.25) is 0 Å². The Morgan fingerprint density at radius 1 is 1.17 bits per heavy atom. The van der Waals surface area contributed by atoms with Crippen molar-refractivity contribution in [1.29, 1.82) is 0 Å². The molecule has 0 radical (unpaired) electrons. The van der Waals surface area contributed by atoms with Crippen molar-refractivity contribution in [1.82, 2.24) is 5.32 Å². The van der Waals surface area contributed by atoms with E-state index in [1.165, 1.54) is 7.11 Å². The second-order valence-electron chi connectivity index (χ2n) is 4.96. The quantitative estimate of drug-likeness (QED) is 0.720. The van der Waals surface area contributed by atoms with Gasteiger partial charge in [0.15, 0.2) is 0 Å². The molecular weight excluding hydrogens is 417 g/mol. The molecule has 2 aromatic rings. The summed E-state index contributed by atoms with van der Waals surface area (Å²) in [6.45, 7) is 0. The fourth-order valence-corrected chi connectivity index (χ4v) is 3.09. The first-order valence-electron chi connectivity index (χ1n) is 6.99. The molecule has 2 aromatic carbocycles. The van der Waals surface area contributed by atoms with E-state index in [2.05, 4.69) is 21.2 Å².